The van der Waals surface area contributed by atoms with E-state index in [1.807, 2.05) is 42.5 Å². The van der Waals surface area contributed by atoms with Crippen molar-refractivity contribution in [3.05, 3.63) is 130 Å². The second-order valence-electron chi connectivity index (χ2n) is 9.69. The highest BCUT2D eigenvalue weighted by Gasteiger charge is 2.18. The molecule has 0 saturated heterocycles. The first-order chi connectivity index (χ1) is 20.9. The number of tetrazole rings is 1. The van der Waals surface area contributed by atoms with Gasteiger partial charge in [-0.2, -0.15) is 14.9 Å². The van der Waals surface area contributed by atoms with Crippen LogP contribution in [0.4, 0.5) is 0 Å². The van der Waals surface area contributed by atoms with Crippen LogP contribution in [0, 0.1) is 0 Å². The molecule has 3 N–H and O–H groups in total. The normalized spacial score (nSPS) is 12.0. The van der Waals surface area contributed by atoms with Crippen molar-refractivity contribution < 1.29 is 9.90 Å². The predicted octanol–water partition coefficient (Wildman–Crippen LogP) is 4.43. The summed E-state index contributed by atoms with van der Waals surface area (Å²) in [6, 6.07) is 22.7. The van der Waals surface area contributed by atoms with E-state index in [1.165, 1.54) is 17.1 Å². The van der Waals surface area contributed by atoms with E-state index in [0.29, 0.717) is 39.3 Å². The number of carbonyl (C=O) groups is 1. The maximum atomic E-state index is 13.3. The van der Waals surface area contributed by atoms with Gasteiger partial charge in [-0.15, -0.1) is 5.10 Å². The molecule has 1 amide bonds. The van der Waals surface area contributed by atoms with Gasteiger partial charge in [0, 0.05) is 33.7 Å². The summed E-state index contributed by atoms with van der Waals surface area (Å²) in [6.07, 6.45) is 6.59. The van der Waals surface area contributed by atoms with Gasteiger partial charge in [0.25, 0.3) is 5.56 Å². The van der Waals surface area contributed by atoms with Crippen LogP contribution in [0.3, 0.4) is 0 Å². The fraction of sp³-hybridized carbons (Fsp3) is 0.0645. The van der Waals surface area contributed by atoms with Crippen LogP contribution in [0.25, 0.3) is 33.8 Å². The van der Waals surface area contributed by atoms with Gasteiger partial charge in [0.05, 0.1) is 29.1 Å². The number of hydrogen-bond donors (Lipinski definition) is 3. The number of aromatic hydroxyl groups is 1. The van der Waals surface area contributed by atoms with Crippen LogP contribution in [-0.4, -0.2) is 46.4 Å². The molecule has 212 valence electrons. The number of halogens is 1. The fourth-order valence-electron chi connectivity index (χ4n) is 4.73. The van der Waals surface area contributed by atoms with E-state index < -0.39 is 6.04 Å². The molecule has 0 spiro atoms. The number of aromatic nitrogens is 7. The molecule has 3 aromatic heterocycles. The minimum Gasteiger partial charge on any atom is -0.507 e. The SMILES string of the molecule is O=C(/C=C/c1cc(Cl)ccc1-n1cnnn1)NC(Cc1ccccc1)c1cc(-c2ccc3[nH]c(=O)cc(O)c3c2)cnn1. The van der Waals surface area contributed by atoms with Crippen LogP contribution < -0.4 is 10.9 Å². The van der Waals surface area contributed by atoms with Crippen LogP contribution in [0.5, 0.6) is 5.75 Å². The van der Waals surface area contributed by atoms with E-state index in [4.69, 9.17) is 11.6 Å². The summed E-state index contributed by atoms with van der Waals surface area (Å²) in [5, 5.41) is 34.2. The first-order valence-electron chi connectivity index (χ1n) is 13.2. The molecule has 0 aliphatic rings. The van der Waals surface area contributed by atoms with Gasteiger partial charge >= 0.3 is 0 Å². The molecule has 1 atom stereocenters. The lowest BCUT2D eigenvalue weighted by atomic mass is 9.99. The van der Waals surface area contributed by atoms with Crippen LogP contribution in [0.1, 0.15) is 22.9 Å². The number of aromatic amines is 1. The van der Waals surface area contributed by atoms with Crippen molar-refractivity contribution in [3.63, 3.8) is 0 Å². The first kappa shape index (κ1) is 27.5. The van der Waals surface area contributed by atoms with Crippen molar-refractivity contribution in [3.8, 4) is 22.6 Å². The summed E-state index contributed by atoms with van der Waals surface area (Å²) in [6.45, 7) is 0. The van der Waals surface area contributed by atoms with Crippen LogP contribution in [-0.2, 0) is 11.2 Å². The van der Waals surface area contributed by atoms with Gasteiger partial charge in [0.2, 0.25) is 5.91 Å². The summed E-state index contributed by atoms with van der Waals surface area (Å²) in [4.78, 5) is 27.7. The number of rotatable bonds is 8. The standard InChI is InChI=1S/C31H23ClN8O3/c32-23-8-10-28(40-18-34-38-39-40)21(13-23)7-11-30(42)36-26(12-19-4-2-1-3-5-19)27-15-22(17-33-37-27)20-6-9-25-24(14-20)29(41)16-31(43)35-25/h1-11,13-18,26H,12H2,(H,36,42)(H2,35,41,43)/b11-7+. The molecule has 6 aromatic rings. The van der Waals surface area contributed by atoms with E-state index in [2.05, 4.69) is 36.0 Å². The molecule has 0 aliphatic carbocycles. The molecule has 6 rings (SSSR count). The molecule has 1 unspecified atom stereocenters. The van der Waals surface area contributed by atoms with Crippen molar-refractivity contribution in [2.45, 2.75) is 12.5 Å². The Labute approximate surface area is 249 Å². The Morgan fingerprint density at radius 2 is 1.88 bits per heavy atom. The van der Waals surface area contributed by atoms with Crippen LogP contribution in [0.2, 0.25) is 5.02 Å². The van der Waals surface area contributed by atoms with Gasteiger partial charge in [-0.05, 0) is 70.4 Å². The summed E-state index contributed by atoms with van der Waals surface area (Å²) in [5.41, 5.74) is 4.46. The number of amides is 1. The fourth-order valence-corrected chi connectivity index (χ4v) is 4.91. The van der Waals surface area contributed by atoms with Gasteiger partial charge in [0.1, 0.15) is 12.1 Å². The van der Waals surface area contributed by atoms with E-state index in [1.54, 1.807) is 42.6 Å². The number of nitrogens with one attached hydrogen (secondary N) is 2. The van der Waals surface area contributed by atoms with Crippen LogP contribution >= 0.6 is 11.6 Å². The van der Waals surface area contributed by atoms with Crippen molar-refractivity contribution in [1.82, 2.24) is 40.7 Å². The van der Waals surface area contributed by atoms with Gasteiger partial charge in [-0.1, -0.05) is 48.0 Å². The lowest BCUT2D eigenvalue weighted by Gasteiger charge is -2.18. The number of pyridine rings is 1. The van der Waals surface area contributed by atoms with Crippen molar-refractivity contribution in [2.75, 3.05) is 0 Å². The number of benzene rings is 3. The van der Waals surface area contributed by atoms with Crippen molar-refractivity contribution in [1.29, 1.82) is 0 Å². The second kappa shape index (κ2) is 12.0. The second-order valence-corrected chi connectivity index (χ2v) is 10.1. The number of H-pyrrole nitrogens is 1. The van der Waals surface area contributed by atoms with Gasteiger partial charge in [0.15, 0.2) is 0 Å². The molecule has 0 radical (unpaired) electrons. The zero-order chi connectivity index (χ0) is 29.8. The summed E-state index contributed by atoms with van der Waals surface area (Å²) in [5.74, 6) is -0.470. The Bertz CT molecular complexity index is 2010. The van der Waals surface area contributed by atoms with E-state index in [9.17, 15) is 14.7 Å². The molecule has 3 heterocycles. The minimum atomic E-state index is -0.518. The minimum absolute atomic E-state index is 0.119. The summed E-state index contributed by atoms with van der Waals surface area (Å²) >= 11 is 6.22. The molecule has 0 aliphatic heterocycles. The molecule has 11 nitrogen and oxygen atoms in total. The topological polar surface area (TPSA) is 152 Å². The average Bonchev–Trinajstić information content (AvgIpc) is 3.55. The van der Waals surface area contributed by atoms with E-state index in [-0.39, 0.29) is 17.2 Å². The quantitative estimate of drug-likeness (QED) is 0.220. The largest absolute Gasteiger partial charge is 0.507 e. The number of nitrogens with zero attached hydrogens (tertiary/aromatic N) is 6. The van der Waals surface area contributed by atoms with Gasteiger partial charge in [-0.3, -0.25) is 9.59 Å². The Hall–Kier alpha value is -5.68. The molecular formula is C31H23ClN8O3. The number of carbonyl (C=O) groups excluding carboxylic acids is 1. The van der Waals surface area contributed by atoms with Crippen molar-refractivity contribution >= 4 is 34.5 Å². The highest BCUT2D eigenvalue weighted by molar-refractivity contribution is 6.30. The molecule has 12 heteroatoms. The number of fused-ring (bicyclic) bond motifs is 1. The summed E-state index contributed by atoms with van der Waals surface area (Å²) < 4.78 is 1.48. The van der Waals surface area contributed by atoms with E-state index >= 15 is 0 Å². The lowest BCUT2D eigenvalue weighted by Crippen LogP contribution is -2.29. The third-order valence-corrected chi connectivity index (χ3v) is 7.02. The highest BCUT2D eigenvalue weighted by atomic mass is 35.5. The summed E-state index contributed by atoms with van der Waals surface area (Å²) in [7, 11) is 0. The van der Waals surface area contributed by atoms with Crippen LogP contribution in [0.15, 0.2) is 102 Å². The maximum absolute atomic E-state index is 13.3. The number of hydrogen-bond acceptors (Lipinski definition) is 8. The molecule has 0 bridgehead atoms. The molecule has 0 fully saturated rings. The van der Waals surface area contributed by atoms with Gasteiger partial charge < -0.3 is 15.4 Å². The molecule has 3 aromatic carbocycles. The molecule has 0 saturated carbocycles. The Balaban J connectivity index is 1.31. The maximum Gasteiger partial charge on any atom is 0.252 e. The lowest BCUT2D eigenvalue weighted by molar-refractivity contribution is -0.117. The Morgan fingerprint density at radius 1 is 1.02 bits per heavy atom. The molecule has 43 heavy (non-hydrogen) atoms. The predicted molar refractivity (Wildman–Crippen MR) is 161 cm³/mol. The average molecular weight is 591 g/mol. The highest BCUT2D eigenvalue weighted by Crippen LogP contribution is 2.29. The monoisotopic (exact) mass is 590 g/mol. The Kier molecular flexibility index (Phi) is 7.70. The zero-order valence-electron chi connectivity index (χ0n) is 22.4. The first-order valence-corrected chi connectivity index (χ1v) is 13.6. The zero-order valence-corrected chi connectivity index (χ0v) is 23.2. The third-order valence-electron chi connectivity index (χ3n) is 6.78. The smallest absolute Gasteiger partial charge is 0.252 e. The Morgan fingerprint density at radius 3 is 2.70 bits per heavy atom. The van der Waals surface area contributed by atoms with Crippen molar-refractivity contribution in [2.24, 2.45) is 0 Å². The van der Waals surface area contributed by atoms with E-state index in [0.717, 1.165) is 22.8 Å². The van der Waals surface area contributed by atoms with Gasteiger partial charge in [-0.25, -0.2) is 0 Å². The third kappa shape index (κ3) is 6.31. The molecular weight excluding hydrogens is 568 g/mol.